The van der Waals surface area contributed by atoms with E-state index in [0.717, 1.165) is 31.5 Å². The molecule has 2 fully saturated rings. The average Bonchev–Trinajstić information content (AvgIpc) is 2.42. The Morgan fingerprint density at radius 1 is 1.45 bits per heavy atom. The number of piperazine rings is 1. The van der Waals surface area contributed by atoms with Gasteiger partial charge in [0.1, 0.15) is 5.60 Å². The fourth-order valence-electron chi connectivity index (χ4n) is 2.93. The molecule has 0 spiro atoms. The highest BCUT2D eigenvalue weighted by Gasteiger charge is 2.34. The summed E-state index contributed by atoms with van der Waals surface area (Å²) >= 11 is 0. The molecule has 0 saturated carbocycles. The molecule has 0 N–H and O–H groups in total. The van der Waals surface area contributed by atoms with Crippen molar-refractivity contribution in [3.8, 4) is 0 Å². The molecule has 1 atom stereocenters. The van der Waals surface area contributed by atoms with Crippen molar-refractivity contribution in [3.05, 3.63) is 21.8 Å². The van der Waals surface area contributed by atoms with Gasteiger partial charge in [-0.1, -0.05) is 5.57 Å². The number of rotatable bonds is 2. The maximum absolute atomic E-state index is 12.1. The fraction of sp³-hybridized carbons (Fsp3) is 0.800. The first-order valence-electron chi connectivity index (χ1n) is 7.76. The number of piperidine rings is 1. The highest BCUT2D eigenvalue weighted by atomic mass is 16.6. The molecule has 7 heteroatoms. The van der Waals surface area contributed by atoms with Crippen LogP contribution in [-0.4, -0.2) is 65.2 Å². The third-order valence-electron chi connectivity index (χ3n) is 3.99. The molecule has 0 aromatic rings. The first-order chi connectivity index (χ1) is 10.2. The van der Waals surface area contributed by atoms with Crippen LogP contribution in [0.5, 0.6) is 0 Å². The Labute approximate surface area is 131 Å². The second-order valence-electron chi connectivity index (χ2n) is 6.97. The van der Waals surface area contributed by atoms with Crippen LogP contribution in [0.1, 0.15) is 33.6 Å². The van der Waals surface area contributed by atoms with Crippen molar-refractivity contribution in [2.45, 2.75) is 45.3 Å². The number of hydrogen-bond donors (Lipinski definition) is 0. The molecule has 0 aromatic heterocycles. The predicted octanol–water partition coefficient (Wildman–Crippen LogP) is 1.90. The topological polar surface area (TPSA) is 75.9 Å². The molecule has 0 aliphatic carbocycles. The van der Waals surface area contributed by atoms with Gasteiger partial charge in [-0.15, -0.1) is 0 Å². The van der Waals surface area contributed by atoms with Gasteiger partial charge in [-0.2, -0.15) is 0 Å². The Morgan fingerprint density at radius 3 is 2.82 bits per heavy atom. The van der Waals surface area contributed by atoms with E-state index < -0.39 is 5.60 Å². The lowest BCUT2D eigenvalue weighted by molar-refractivity contribution is -0.468. The molecule has 2 saturated heterocycles. The molecule has 0 bridgehead atoms. The zero-order valence-corrected chi connectivity index (χ0v) is 13.6. The summed E-state index contributed by atoms with van der Waals surface area (Å²) in [4.78, 5) is 26.4. The molecule has 2 heterocycles. The van der Waals surface area contributed by atoms with E-state index in [4.69, 9.17) is 4.74 Å². The summed E-state index contributed by atoms with van der Waals surface area (Å²) in [6.45, 7) is 8.40. The lowest BCUT2D eigenvalue weighted by atomic mass is 9.95. The minimum absolute atomic E-state index is 0.0993. The molecular weight excluding hydrogens is 286 g/mol. The van der Waals surface area contributed by atoms with Crippen LogP contribution >= 0.6 is 0 Å². The van der Waals surface area contributed by atoms with E-state index in [1.165, 1.54) is 0 Å². The van der Waals surface area contributed by atoms with Crippen molar-refractivity contribution in [2.24, 2.45) is 0 Å². The van der Waals surface area contributed by atoms with Crippen molar-refractivity contribution in [3.63, 3.8) is 0 Å². The average molecular weight is 311 g/mol. The number of nitro groups is 1. The zero-order valence-electron chi connectivity index (χ0n) is 13.6. The standard InChI is InChI=1S/C15H25N3O4/c1-15(2,3)22-14(19)17-9-8-16-10-12(6-7-18(20)21)4-5-13(16)11-17/h6,13H,4-5,7-11H2,1-3H3/b12-6-/t13-/m0/s1. The molecule has 0 aromatic carbocycles. The van der Waals surface area contributed by atoms with Crippen LogP contribution in [0.3, 0.4) is 0 Å². The third-order valence-corrected chi connectivity index (χ3v) is 3.99. The normalized spacial score (nSPS) is 25.0. The Morgan fingerprint density at radius 2 is 2.18 bits per heavy atom. The minimum atomic E-state index is -0.473. The van der Waals surface area contributed by atoms with Gasteiger partial charge in [0.2, 0.25) is 6.54 Å². The third kappa shape index (κ3) is 4.69. The second kappa shape index (κ2) is 6.64. The fourth-order valence-corrected chi connectivity index (χ4v) is 2.93. The SMILES string of the molecule is CC(C)(C)OC(=O)N1CCN2C/C(=C\C[N+](=O)[O-])CC[C@H]2C1. The van der Waals surface area contributed by atoms with Gasteiger partial charge in [0.05, 0.1) is 0 Å². The Balaban J connectivity index is 1.88. The van der Waals surface area contributed by atoms with Gasteiger partial charge in [0.25, 0.3) is 0 Å². The van der Waals surface area contributed by atoms with Crippen LogP contribution in [-0.2, 0) is 4.74 Å². The van der Waals surface area contributed by atoms with Gasteiger partial charge >= 0.3 is 6.09 Å². The van der Waals surface area contributed by atoms with Crippen molar-refractivity contribution in [2.75, 3.05) is 32.7 Å². The summed E-state index contributed by atoms with van der Waals surface area (Å²) < 4.78 is 5.43. The summed E-state index contributed by atoms with van der Waals surface area (Å²) in [5, 5.41) is 10.4. The maximum atomic E-state index is 12.1. The van der Waals surface area contributed by atoms with Crippen LogP contribution in [0.25, 0.3) is 0 Å². The van der Waals surface area contributed by atoms with E-state index in [-0.39, 0.29) is 17.6 Å². The van der Waals surface area contributed by atoms with E-state index in [2.05, 4.69) is 4.90 Å². The Hall–Kier alpha value is -1.63. The minimum Gasteiger partial charge on any atom is -0.444 e. The Kier molecular flexibility index (Phi) is 5.05. The first kappa shape index (κ1) is 16.7. The van der Waals surface area contributed by atoms with Crippen molar-refractivity contribution < 1.29 is 14.5 Å². The summed E-state index contributed by atoms with van der Waals surface area (Å²) in [5.41, 5.74) is 0.665. The molecule has 0 unspecified atom stereocenters. The number of hydrogen-bond acceptors (Lipinski definition) is 5. The number of amides is 1. The molecule has 124 valence electrons. The lowest BCUT2D eigenvalue weighted by Gasteiger charge is -2.44. The van der Waals surface area contributed by atoms with Crippen LogP contribution in [0.2, 0.25) is 0 Å². The van der Waals surface area contributed by atoms with Crippen LogP contribution in [0, 0.1) is 10.1 Å². The van der Waals surface area contributed by atoms with Crippen LogP contribution < -0.4 is 0 Å². The largest absolute Gasteiger partial charge is 0.444 e. The number of nitrogens with zero attached hydrogens (tertiary/aromatic N) is 3. The highest BCUT2D eigenvalue weighted by Crippen LogP contribution is 2.25. The second-order valence-corrected chi connectivity index (χ2v) is 6.97. The van der Waals surface area contributed by atoms with E-state index in [1.807, 2.05) is 20.8 Å². The van der Waals surface area contributed by atoms with Gasteiger partial charge in [0, 0.05) is 37.1 Å². The number of fused-ring (bicyclic) bond motifs is 1. The molecule has 2 aliphatic heterocycles. The van der Waals surface area contributed by atoms with Gasteiger partial charge in [-0.05, 0) is 39.7 Å². The molecule has 1 amide bonds. The Bertz CT molecular complexity index is 470. The van der Waals surface area contributed by atoms with Crippen LogP contribution in [0.15, 0.2) is 11.6 Å². The van der Waals surface area contributed by atoms with E-state index in [9.17, 15) is 14.9 Å². The van der Waals surface area contributed by atoms with Gasteiger partial charge in [0.15, 0.2) is 0 Å². The van der Waals surface area contributed by atoms with E-state index in [0.29, 0.717) is 19.1 Å². The summed E-state index contributed by atoms with van der Waals surface area (Å²) in [5.74, 6) is 0. The van der Waals surface area contributed by atoms with Gasteiger partial charge in [-0.25, -0.2) is 4.79 Å². The number of carbonyl (C=O) groups is 1. The smallest absolute Gasteiger partial charge is 0.410 e. The highest BCUT2D eigenvalue weighted by molar-refractivity contribution is 5.68. The zero-order chi connectivity index (χ0) is 16.3. The molecule has 2 rings (SSSR count). The van der Waals surface area contributed by atoms with Crippen molar-refractivity contribution in [1.82, 2.24) is 9.80 Å². The van der Waals surface area contributed by atoms with Crippen LogP contribution in [0.4, 0.5) is 4.79 Å². The quantitative estimate of drug-likeness (QED) is 0.442. The summed E-state index contributed by atoms with van der Waals surface area (Å²) in [7, 11) is 0. The summed E-state index contributed by atoms with van der Waals surface area (Å²) in [6, 6.07) is 0.328. The summed E-state index contributed by atoms with van der Waals surface area (Å²) in [6.07, 6.45) is 3.29. The maximum Gasteiger partial charge on any atom is 0.410 e. The van der Waals surface area contributed by atoms with Crippen molar-refractivity contribution in [1.29, 1.82) is 0 Å². The van der Waals surface area contributed by atoms with Gasteiger partial charge < -0.3 is 9.64 Å². The van der Waals surface area contributed by atoms with E-state index >= 15 is 0 Å². The molecule has 22 heavy (non-hydrogen) atoms. The predicted molar refractivity (Wildman–Crippen MR) is 82.3 cm³/mol. The number of carbonyl (C=O) groups excluding carboxylic acids is 1. The van der Waals surface area contributed by atoms with Gasteiger partial charge in [-0.3, -0.25) is 15.0 Å². The monoisotopic (exact) mass is 311 g/mol. The molecule has 2 aliphatic rings. The molecule has 7 nitrogen and oxygen atoms in total. The number of ether oxygens (including phenoxy) is 1. The first-order valence-corrected chi connectivity index (χ1v) is 7.76. The molecular formula is C15H25N3O4. The molecule has 0 radical (unpaired) electrons. The van der Waals surface area contributed by atoms with Crippen molar-refractivity contribution >= 4 is 6.09 Å². The van der Waals surface area contributed by atoms with E-state index in [1.54, 1.807) is 11.0 Å². The lowest BCUT2D eigenvalue weighted by Crippen LogP contribution is -2.57.